The molecule has 1 aliphatic rings. The predicted octanol–water partition coefficient (Wildman–Crippen LogP) is -3.26. The van der Waals surface area contributed by atoms with Gasteiger partial charge in [-0.25, -0.2) is 4.68 Å². The highest BCUT2D eigenvalue weighted by molar-refractivity contribution is 5.80. The van der Waals surface area contributed by atoms with Crippen LogP contribution in [0.25, 0.3) is 0 Å². The molecule has 1 fully saturated rings. The van der Waals surface area contributed by atoms with Crippen LogP contribution in [0, 0.1) is 0 Å². The molecule has 3 rings (SSSR count). The summed E-state index contributed by atoms with van der Waals surface area (Å²) in [4.78, 5) is 14.9. The highest BCUT2D eigenvalue weighted by atomic mass is 35.5. The summed E-state index contributed by atoms with van der Waals surface area (Å²) in [5.41, 5.74) is 1.59. The van der Waals surface area contributed by atoms with Crippen molar-refractivity contribution in [3.8, 4) is 5.75 Å². The quantitative estimate of drug-likeness (QED) is 0.486. The van der Waals surface area contributed by atoms with Gasteiger partial charge in [-0.1, -0.05) is 17.3 Å². The number of carbonyl (C=O) groups excluding carboxylic acids is 1. The molecule has 0 bridgehead atoms. The topological polar surface area (TPSA) is 104 Å². The summed E-state index contributed by atoms with van der Waals surface area (Å²) in [5, 5.41) is 29.9. The number of nitrogens with one attached hydrogen (secondary N) is 1. The Morgan fingerprint density at radius 3 is 2.58 bits per heavy atom. The summed E-state index contributed by atoms with van der Waals surface area (Å²) in [7, 11) is 0. The third kappa shape index (κ3) is 4.94. The molecule has 2 heterocycles. The number of carbonyl (C=O) groups is 1. The minimum Gasteiger partial charge on any atom is -1.00 e. The minimum absolute atomic E-state index is 0. The number of hydrogen-bond donors (Lipinski definition) is 3. The molecule has 1 aromatic heterocycles. The summed E-state index contributed by atoms with van der Waals surface area (Å²) in [6.45, 7) is 2.90. The van der Waals surface area contributed by atoms with Crippen LogP contribution < -0.4 is 17.7 Å². The lowest BCUT2D eigenvalue weighted by Gasteiger charge is -2.30. The molecule has 0 unspecified atom stereocenters. The first-order valence-corrected chi connectivity index (χ1v) is 8.46. The third-order valence-electron chi connectivity index (χ3n) is 4.32. The molecule has 9 heteroatoms. The van der Waals surface area contributed by atoms with Crippen molar-refractivity contribution in [1.82, 2.24) is 25.2 Å². The molecule has 2 aromatic rings. The summed E-state index contributed by atoms with van der Waals surface area (Å²) >= 11 is 0. The highest BCUT2D eigenvalue weighted by Crippen LogP contribution is 2.19. The zero-order valence-electron chi connectivity index (χ0n) is 14.4. The van der Waals surface area contributed by atoms with Crippen LogP contribution in [-0.2, 0) is 17.6 Å². The molecule has 1 amide bonds. The van der Waals surface area contributed by atoms with Gasteiger partial charge in [0.15, 0.2) is 0 Å². The van der Waals surface area contributed by atoms with E-state index in [1.165, 1.54) is 0 Å². The molecule has 1 aromatic carbocycles. The minimum atomic E-state index is -0.498. The van der Waals surface area contributed by atoms with Gasteiger partial charge in [-0.3, -0.25) is 4.79 Å². The summed E-state index contributed by atoms with van der Waals surface area (Å²) in [6, 6.07) is 6.33. The number of aliphatic hydroxyl groups is 1. The maximum atomic E-state index is 13.0. The van der Waals surface area contributed by atoms with Crippen molar-refractivity contribution in [1.29, 1.82) is 0 Å². The van der Waals surface area contributed by atoms with E-state index in [2.05, 4.69) is 15.6 Å². The van der Waals surface area contributed by atoms with E-state index in [0.29, 0.717) is 31.6 Å². The Hall–Kier alpha value is -2.16. The normalized spacial score (nSPS) is 15.3. The molecular weight excluding hydrogens is 358 g/mol. The molecule has 0 radical (unpaired) electrons. The fraction of sp³-hybridized carbons (Fsp3) is 0.471. The number of aliphatic hydroxyl groups excluding tert-OH is 1. The highest BCUT2D eigenvalue weighted by Gasteiger charge is 2.28. The van der Waals surface area contributed by atoms with Gasteiger partial charge in [-0.2, -0.15) is 0 Å². The predicted molar refractivity (Wildman–Crippen MR) is 91.1 cm³/mol. The van der Waals surface area contributed by atoms with Crippen molar-refractivity contribution < 1.29 is 27.4 Å². The Morgan fingerprint density at radius 2 is 1.92 bits per heavy atom. The van der Waals surface area contributed by atoms with Crippen molar-refractivity contribution >= 4 is 5.91 Å². The van der Waals surface area contributed by atoms with Gasteiger partial charge in [0.1, 0.15) is 11.8 Å². The van der Waals surface area contributed by atoms with Crippen LogP contribution >= 0.6 is 0 Å². The monoisotopic (exact) mass is 380 g/mol. The van der Waals surface area contributed by atoms with Crippen LogP contribution in [0.3, 0.4) is 0 Å². The number of rotatable bonds is 6. The largest absolute Gasteiger partial charge is 1.00 e. The standard InChI is InChI=1S/C17H23N5O3.ClH/c23-10-5-14-12-22(20-19-14)16(11-13-1-3-15(24)4-2-13)17(25)21-8-6-18-7-9-21;/h1-4,12,16,18,23-24H,5-11H2;1H/p-1/t16-;/m0./s1. The first-order chi connectivity index (χ1) is 12.2. The molecule has 26 heavy (non-hydrogen) atoms. The molecule has 1 aliphatic heterocycles. The maximum Gasteiger partial charge on any atom is 0.247 e. The first kappa shape index (κ1) is 20.2. The van der Waals surface area contributed by atoms with E-state index in [1.807, 2.05) is 4.90 Å². The molecular formula is C17H23ClN5O3-. The number of halogens is 1. The average Bonchev–Trinajstić information content (AvgIpc) is 3.10. The number of piperazine rings is 1. The summed E-state index contributed by atoms with van der Waals surface area (Å²) in [6.07, 6.45) is 2.60. The van der Waals surface area contributed by atoms with Crippen LogP contribution in [-0.4, -0.2) is 68.8 Å². The number of phenolic OH excluding ortho intramolecular Hbond substituents is 1. The SMILES string of the molecule is O=C([C@H](Cc1ccc(O)cc1)n1cc(CCO)nn1)N1CCNCC1.[Cl-]. The third-order valence-corrected chi connectivity index (χ3v) is 4.32. The molecule has 0 saturated carbocycles. The van der Waals surface area contributed by atoms with Crippen LogP contribution in [0.4, 0.5) is 0 Å². The Kier molecular flexibility index (Phi) is 7.38. The van der Waals surface area contributed by atoms with Gasteiger partial charge in [0.05, 0.1) is 5.69 Å². The smallest absolute Gasteiger partial charge is 0.247 e. The van der Waals surface area contributed by atoms with Gasteiger partial charge >= 0.3 is 0 Å². The second kappa shape index (κ2) is 9.51. The Balaban J connectivity index is 0.00000243. The Bertz CT molecular complexity index is 701. The van der Waals surface area contributed by atoms with Crippen molar-refractivity contribution in [3.63, 3.8) is 0 Å². The van der Waals surface area contributed by atoms with Crippen molar-refractivity contribution in [2.75, 3.05) is 32.8 Å². The lowest BCUT2D eigenvalue weighted by molar-refractivity contribution is -0.135. The fourth-order valence-corrected chi connectivity index (χ4v) is 2.94. The Morgan fingerprint density at radius 1 is 1.23 bits per heavy atom. The second-order valence-electron chi connectivity index (χ2n) is 6.13. The number of hydrogen-bond acceptors (Lipinski definition) is 6. The molecule has 1 atom stereocenters. The summed E-state index contributed by atoms with van der Waals surface area (Å²) < 4.78 is 1.59. The van der Waals surface area contributed by atoms with Crippen LogP contribution in [0.1, 0.15) is 17.3 Å². The van der Waals surface area contributed by atoms with Gasteiger partial charge in [0.25, 0.3) is 0 Å². The fourth-order valence-electron chi connectivity index (χ4n) is 2.94. The number of phenols is 1. The van der Waals surface area contributed by atoms with E-state index >= 15 is 0 Å². The van der Waals surface area contributed by atoms with Crippen molar-refractivity contribution in [2.24, 2.45) is 0 Å². The maximum absolute atomic E-state index is 13.0. The lowest BCUT2D eigenvalue weighted by atomic mass is 10.0. The number of benzene rings is 1. The first-order valence-electron chi connectivity index (χ1n) is 8.46. The molecule has 8 nitrogen and oxygen atoms in total. The van der Waals surface area contributed by atoms with E-state index in [-0.39, 0.29) is 30.7 Å². The second-order valence-corrected chi connectivity index (χ2v) is 6.13. The Labute approximate surface area is 158 Å². The molecule has 1 saturated heterocycles. The number of aromatic nitrogens is 3. The molecule has 3 N–H and O–H groups in total. The molecule has 0 spiro atoms. The van der Waals surface area contributed by atoms with E-state index in [1.54, 1.807) is 35.1 Å². The van der Waals surface area contributed by atoms with Gasteiger partial charge in [-0.15, -0.1) is 5.10 Å². The average molecular weight is 381 g/mol. The zero-order chi connectivity index (χ0) is 17.6. The number of amides is 1. The molecule has 0 aliphatic carbocycles. The lowest BCUT2D eigenvalue weighted by Crippen LogP contribution is -3.00. The van der Waals surface area contributed by atoms with Crippen molar-refractivity contribution in [3.05, 3.63) is 41.7 Å². The number of nitrogens with zero attached hydrogens (tertiary/aromatic N) is 4. The van der Waals surface area contributed by atoms with E-state index in [9.17, 15) is 9.90 Å². The van der Waals surface area contributed by atoms with Crippen LogP contribution in [0.2, 0.25) is 0 Å². The van der Waals surface area contributed by atoms with E-state index in [0.717, 1.165) is 18.7 Å². The summed E-state index contributed by atoms with van der Waals surface area (Å²) in [5.74, 6) is 0.203. The van der Waals surface area contributed by atoms with Gasteiger partial charge < -0.3 is 32.8 Å². The zero-order valence-corrected chi connectivity index (χ0v) is 15.1. The van der Waals surface area contributed by atoms with Gasteiger partial charge in [-0.05, 0) is 17.7 Å². The molecule has 142 valence electrons. The van der Waals surface area contributed by atoms with E-state index in [4.69, 9.17) is 5.11 Å². The van der Waals surface area contributed by atoms with Crippen molar-refractivity contribution in [2.45, 2.75) is 18.9 Å². The van der Waals surface area contributed by atoms with E-state index < -0.39 is 6.04 Å². The van der Waals surface area contributed by atoms with Crippen LogP contribution in [0.5, 0.6) is 5.75 Å². The van der Waals surface area contributed by atoms with Gasteiger partial charge in [0.2, 0.25) is 5.91 Å². The number of aromatic hydroxyl groups is 1. The van der Waals surface area contributed by atoms with Gasteiger partial charge in [0, 0.05) is 51.8 Å². The van der Waals surface area contributed by atoms with Crippen LogP contribution in [0.15, 0.2) is 30.5 Å².